The van der Waals surface area contributed by atoms with Gasteiger partial charge in [-0.05, 0) is 30.0 Å². The van der Waals surface area contributed by atoms with Crippen LogP contribution in [0.15, 0.2) is 22.7 Å². The van der Waals surface area contributed by atoms with Gasteiger partial charge in [-0.25, -0.2) is 4.39 Å². The predicted molar refractivity (Wildman–Crippen MR) is 69.9 cm³/mol. The number of hydrogen-bond donors (Lipinski definition) is 1. The molecule has 1 amide bonds. The van der Waals surface area contributed by atoms with Crippen molar-refractivity contribution in [1.29, 1.82) is 0 Å². The van der Waals surface area contributed by atoms with Gasteiger partial charge in [-0.1, -0.05) is 15.9 Å². The highest BCUT2D eigenvalue weighted by Gasteiger charge is 2.38. The van der Waals surface area contributed by atoms with E-state index >= 15 is 0 Å². The Hall–Kier alpha value is -0.940. The molecule has 0 spiro atoms. The van der Waals surface area contributed by atoms with Crippen LogP contribution in [0.5, 0.6) is 0 Å². The highest BCUT2D eigenvalue weighted by atomic mass is 79.9. The molecule has 2 aliphatic rings. The number of benzene rings is 1. The Labute approximate surface area is 113 Å². The topological polar surface area (TPSA) is 32.3 Å². The molecule has 3 nitrogen and oxygen atoms in total. The molecule has 3 rings (SSSR count). The molecule has 0 aliphatic carbocycles. The molecule has 2 heterocycles. The minimum atomic E-state index is -0.446. The maximum atomic E-state index is 13.7. The van der Waals surface area contributed by atoms with E-state index in [0.29, 0.717) is 11.8 Å². The summed E-state index contributed by atoms with van der Waals surface area (Å²) in [4.78, 5) is 14.1. The summed E-state index contributed by atoms with van der Waals surface area (Å²) in [6.07, 6.45) is 0. The number of amides is 1. The van der Waals surface area contributed by atoms with Crippen molar-refractivity contribution in [2.45, 2.75) is 0 Å². The van der Waals surface area contributed by atoms with E-state index in [1.165, 1.54) is 6.07 Å². The van der Waals surface area contributed by atoms with Gasteiger partial charge in [0.15, 0.2) is 0 Å². The van der Waals surface area contributed by atoms with Crippen molar-refractivity contribution < 1.29 is 9.18 Å². The lowest BCUT2D eigenvalue weighted by Gasteiger charge is -2.18. The summed E-state index contributed by atoms with van der Waals surface area (Å²) in [5, 5.41) is 3.32. The summed E-state index contributed by atoms with van der Waals surface area (Å²) in [6, 6.07) is 4.49. The number of likely N-dealkylation sites (tertiary alicyclic amines) is 1. The third-order valence-corrected chi connectivity index (χ3v) is 4.33. The molecule has 2 atom stereocenters. The quantitative estimate of drug-likeness (QED) is 0.859. The third kappa shape index (κ3) is 2.06. The molecule has 2 fully saturated rings. The highest BCUT2D eigenvalue weighted by Crippen LogP contribution is 2.28. The highest BCUT2D eigenvalue weighted by molar-refractivity contribution is 9.10. The number of carbonyl (C=O) groups excluding carboxylic acids is 1. The van der Waals surface area contributed by atoms with Gasteiger partial charge >= 0.3 is 0 Å². The molecule has 5 heteroatoms. The van der Waals surface area contributed by atoms with Gasteiger partial charge in [-0.3, -0.25) is 4.79 Å². The smallest absolute Gasteiger partial charge is 0.256 e. The number of halogens is 2. The zero-order valence-electron chi connectivity index (χ0n) is 9.83. The van der Waals surface area contributed by atoms with Gasteiger partial charge in [0.25, 0.3) is 5.91 Å². The van der Waals surface area contributed by atoms with Crippen LogP contribution in [-0.2, 0) is 0 Å². The van der Waals surface area contributed by atoms with Gasteiger partial charge in [0, 0.05) is 30.7 Å². The number of nitrogens with zero attached hydrogens (tertiary/aromatic N) is 1. The van der Waals surface area contributed by atoms with Crippen LogP contribution in [0.1, 0.15) is 10.4 Å². The minimum Gasteiger partial charge on any atom is -0.338 e. The predicted octanol–water partition coefficient (Wildman–Crippen LogP) is 1.88. The van der Waals surface area contributed by atoms with Crippen LogP contribution in [0.4, 0.5) is 4.39 Å². The van der Waals surface area contributed by atoms with Gasteiger partial charge in [0.2, 0.25) is 0 Å². The SMILES string of the molecule is O=C(c1cc(Br)ccc1F)N1CC2CNCC2C1. The number of nitrogens with one attached hydrogen (secondary N) is 1. The van der Waals surface area contributed by atoms with Crippen molar-refractivity contribution in [3.05, 3.63) is 34.1 Å². The molecule has 0 aromatic heterocycles. The lowest BCUT2D eigenvalue weighted by Crippen LogP contribution is -2.32. The van der Waals surface area contributed by atoms with Crippen molar-refractivity contribution in [3.63, 3.8) is 0 Å². The van der Waals surface area contributed by atoms with Gasteiger partial charge in [0.1, 0.15) is 5.82 Å². The molecule has 0 bridgehead atoms. The number of hydrogen-bond acceptors (Lipinski definition) is 2. The maximum absolute atomic E-state index is 13.7. The fourth-order valence-electron chi connectivity index (χ4n) is 2.85. The van der Waals surface area contributed by atoms with Crippen LogP contribution >= 0.6 is 15.9 Å². The molecular formula is C13H14BrFN2O. The average Bonchev–Trinajstić information content (AvgIpc) is 2.91. The van der Waals surface area contributed by atoms with E-state index < -0.39 is 5.82 Å². The average molecular weight is 313 g/mol. The first kappa shape index (κ1) is 12.1. The summed E-state index contributed by atoms with van der Waals surface area (Å²) in [5.74, 6) is 0.426. The van der Waals surface area contributed by atoms with Gasteiger partial charge in [-0.15, -0.1) is 0 Å². The number of rotatable bonds is 1. The lowest BCUT2D eigenvalue weighted by atomic mass is 10.0. The van der Waals surface area contributed by atoms with E-state index in [1.807, 2.05) is 0 Å². The lowest BCUT2D eigenvalue weighted by molar-refractivity contribution is 0.0777. The zero-order valence-corrected chi connectivity index (χ0v) is 11.4. The Morgan fingerprint density at radius 2 is 2.00 bits per heavy atom. The van der Waals surface area contributed by atoms with Crippen molar-refractivity contribution in [2.24, 2.45) is 11.8 Å². The molecule has 2 aliphatic heterocycles. The van der Waals surface area contributed by atoms with E-state index in [0.717, 1.165) is 30.7 Å². The molecular weight excluding hydrogens is 299 g/mol. The van der Waals surface area contributed by atoms with Crippen LogP contribution in [0.2, 0.25) is 0 Å². The second-order valence-electron chi connectivity index (χ2n) is 5.01. The molecule has 1 N–H and O–H groups in total. The van der Waals surface area contributed by atoms with E-state index in [-0.39, 0.29) is 11.5 Å². The molecule has 2 unspecified atom stereocenters. The monoisotopic (exact) mass is 312 g/mol. The Balaban J connectivity index is 1.81. The van der Waals surface area contributed by atoms with Gasteiger partial charge in [0.05, 0.1) is 5.56 Å². The van der Waals surface area contributed by atoms with Crippen LogP contribution in [-0.4, -0.2) is 37.0 Å². The summed E-state index contributed by atoms with van der Waals surface area (Å²) >= 11 is 3.27. The van der Waals surface area contributed by atoms with Crippen molar-refractivity contribution >= 4 is 21.8 Å². The molecule has 1 aromatic carbocycles. The molecule has 1 aromatic rings. The molecule has 0 saturated carbocycles. The summed E-state index contributed by atoms with van der Waals surface area (Å²) in [5.41, 5.74) is 0.164. The Morgan fingerprint density at radius 3 is 2.67 bits per heavy atom. The summed E-state index contributed by atoms with van der Waals surface area (Å²) in [7, 11) is 0. The van der Waals surface area contributed by atoms with Crippen LogP contribution < -0.4 is 5.32 Å². The van der Waals surface area contributed by atoms with Crippen molar-refractivity contribution in [2.75, 3.05) is 26.2 Å². The normalized spacial score (nSPS) is 26.4. The molecule has 2 saturated heterocycles. The van der Waals surface area contributed by atoms with E-state index in [1.54, 1.807) is 17.0 Å². The summed E-state index contributed by atoms with van der Waals surface area (Å²) in [6.45, 7) is 3.41. The van der Waals surface area contributed by atoms with Crippen molar-refractivity contribution in [1.82, 2.24) is 10.2 Å². The first-order valence-corrected chi connectivity index (χ1v) is 6.89. The fourth-order valence-corrected chi connectivity index (χ4v) is 3.21. The van der Waals surface area contributed by atoms with Gasteiger partial charge in [-0.2, -0.15) is 0 Å². The minimum absolute atomic E-state index is 0.164. The Morgan fingerprint density at radius 1 is 1.33 bits per heavy atom. The zero-order chi connectivity index (χ0) is 12.7. The largest absolute Gasteiger partial charge is 0.338 e. The number of fused-ring (bicyclic) bond motifs is 1. The number of carbonyl (C=O) groups is 1. The fraction of sp³-hybridized carbons (Fsp3) is 0.462. The van der Waals surface area contributed by atoms with E-state index in [4.69, 9.17) is 0 Å². The Bertz CT molecular complexity index is 482. The standard InChI is InChI=1S/C13H14BrFN2O/c14-10-1-2-12(15)11(3-10)13(18)17-6-8-4-16-5-9(8)7-17/h1-3,8-9,16H,4-7H2. The summed E-state index contributed by atoms with van der Waals surface area (Å²) < 4.78 is 14.4. The van der Waals surface area contributed by atoms with Crippen LogP contribution in [0, 0.1) is 17.7 Å². The van der Waals surface area contributed by atoms with Crippen LogP contribution in [0.25, 0.3) is 0 Å². The third-order valence-electron chi connectivity index (χ3n) is 3.84. The van der Waals surface area contributed by atoms with Crippen molar-refractivity contribution in [3.8, 4) is 0 Å². The van der Waals surface area contributed by atoms with Gasteiger partial charge < -0.3 is 10.2 Å². The first-order chi connectivity index (χ1) is 8.65. The second kappa shape index (κ2) is 4.63. The second-order valence-corrected chi connectivity index (χ2v) is 5.93. The Kier molecular flexibility index (Phi) is 3.11. The first-order valence-electron chi connectivity index (χ1n) is 6.10. The molecule has 0 radical (unpaired) electrons. The molecule has 18 heavy (non-hydrogen) atoms. The maximum Gasteiger partial charge on any atom is 0.256 e. The van der Waals surface area contributed by atoms with E-state index in [2.05, 4.69) is 21.2 Å². The van der Waals surface area contributed by atoms with Crippen LogP contribution in [0.3, 0.4) is 0 Å². The van der Waals surface area contributed by atoms with E-state index in [9.17, 15) is 9.18 Å². The molecule has 96 valence electrons.